The van der Waals surface area contributed by atoms with Crippen LogP contribution in [0, 0.1) is 0 Å². The molecule has 180 valence electrons. The van der Waals surface area contributed by atoms with Gasteiger partial charge >= 0.3 is 6.01 Å². The molecule has 0 aliphatic carbocycles. The molecular formula is C25H24N4O5S. The van der Waals surface area contributed by atoms with Crippen LogP contribution in [-0.4, -0.2) is 42.5 Å². The van der Waals surface area contributed by atoms with Crippen molar-refractivity contribution in [2.45, 2.75) is 18.4 Å². The largest absolute Gasteiger partial charge is 0.494 e. The lowest BCUT2D eigenvalue weighted by molar-refractivity contribution is 0.102. The lowest BCUT2D eigenvalue weighted by atomic mass is 10.2. The van der Waals surface area contributed by atoms with Gasteiger partial charge in [0.05, 0.1) is 11.5 Å². The summed E-state index contributed by atoms with van der Waals surface area (Å²) in [5, 5.41) is 10.3. The summed E-state index contributed by atoms with van der Waals surface area (Å²) in [4.78, 5) is 12.7. The van der Waals surface area contributed by atoms with Crippen molar-refractivity contribution in [3.63, 3.8) is 0 Å². The van der Waals surface area contributed by atoms with E-state index >= 15 is 0 Å². The van der Waals surface area contributed by atoms with Crippen molar-refractivity contribution >= 4 is 21.9 Å². The minimum atomic E-state index is -3.72. The Bertz CT molecular complexity index is 1390. The first-order valence-electron chi connectivity index (χ1n) is 10.8. The zero-order valence-electron chi connectivity index (χ0n) is 19.2. The minimum absolute atomic E-state index is 0.0711. The van der Waals surface area contributed by atoms with E-state index in [2.05, 4.69) is 15.5 Å². The van der Waals surface area contributed by atoms with E-state index in [0.717, 1.165) is 11.3 Å². The average molecular weight is 493 g/mol. The Morgan fingerprint density at radius 3 is 2.31 bits per heavy atom. The number of carbonyl (C=O) groups excluding carboxylic acids is 1. The van der Waals surface area contributed by atoms with Crippen LogP contribution in [0.25, 0.3) is 11.5 Å². The maximum Gasteiger partial charge on any atom is 0.322 e. The molecule has 0 bridgehead atoms. The second-order valence-electron chi connectivity index (χ2n) is 7.59. The molecule has 0 saturated heterocycles. The van der Waals surface area contributed by atoms with E-state index in [-0.39, 0.29) is 28.9 Å². The Hall–Kier alpha value is -4.02. The highest BCUT2D eigenvalue weighted by molar-refractivity contribution is 7.89. The topological polar surface area (TPSA) is 115 Å². The number of sulfonamides is 1. The molecule has 0 aliphatic heterocycles. The molecule has 1 amide bonds. The van der Waals surface area contributed by atoms with E-state index in [9.17, 15) is 13.2 Å². The van der Waals surface area contributed by atoms with E-state index in [1.54, 1.807) is 24.3 Å². The molecular weight excluding hydrogens is 468 g/mol. The van der Waals surface area contributed by atoms with Gasteiger partial charge in [-0.25, -0.2) is 8.42 Å². The standard InChI is InChI=1S/C25H24N4O5S/c1-3-33-21-13-9-20(10-14-21)24-27-28-25(34-24)26-23(30)19-11-15-22(16-12-19)35(31,32)29(2)17-18-7-5-4-6-8-18/h4-16H,3,17H2,1-2H3,(H,26,28,30). The summed E-state index contributed by atoms with van der Waals surface area (Å²) in [7, 11) is -2.21. The molecule has 1 N–H and O–H groups in total. The number of carbonyl (C=O) groups is 1. The summed E-state index contributed by atoms with van der Waals surface area (Å²) in [6, 6.07) is 22.0. The second kappa shape index (κ2) is 10.5. The van der Waals surface area contributed by atoms with Crippen LogP contribution in [0.15, 0.2) is 88.2 Å². The van der Waals surface area contributed by atoms with Crippen LogP contribution in [0.5, 0.6) is 5.75 Å². The predicted octanol–water partition coefficient (Wildman–Crippen LogP) is 4.21. The van der Waals surface area contributed by atoms with E-state index in [4.69, 9.17) is 9.15 Å². The number of aromatic nitrogens is 2. The summed E-state index contributed by atoms with van der Waals surface area (Å²) in [5.41, 5.74) is 1.80. The van der Waals surface area contributed by atoms with Gasteiger partial charge in [-0.3, -0.25) is 10.1 Å². The summed E-state index contributed by atoms with van der Waals surface area (Å²) in [6.45, 7) is 2.70. The first-order valence-corrected chi connectivity index (χ1v) is 12.3. The van der Waals surface area contributed by atoms with Crippen molar-refractivity contribution in [2.24, 2.45) is 0 Å². The Balaban J connectivity index is 1.41. The molecule has 10 heteroatoms. The third-order valence-electron chi connectivity index (χ3n) is 5.13. The van der Waals surface area contributed by atoms with E-state index in [1.165, 1.54) is 35.6 Å². The Morgan fingerprint density at radius 2 is 1.66 bits per heavy atom. The summed E-state index contributed by atoms with van der Waals surface area (Å²) < 4.78 is 38.0. The van der Waals surface area contributed by atoms with Crippen LogP contribution in [0.2, 0.25) is 0 Å². The zero-order chi connectivity index (χ0) is 24.8. The van der Waals surface area contributed by atoms with Gasteiger partial charge in [0.15, 0.2) is 0 Å². The van der Waals surface area contributed by atoms with Crippen molar-refractivity contribution in [3.05, 3.63) is 90.0 Å². The van der Waals surface area contributed by atoms with E-state index in [1.807, 2.05) is 37.3 Å². The highest BCUT2D eigenvalue weighted by Gasteiger charge is 2.21. The number of amides is 1. The molecule has 0 fully saturated rings. The van der Waals surface area contributed by atoms with E-state index in [0.29, 0.717) is 12.2 Å². The van der Waals surface area contributed by atoms with Gasteiger partial charge in [-0.1, -0.05) is 35.4 Å². The highest BCUT2D eigenvalue weighted by Crippen LogP contribution is 2.23. The SMILES string of the molecule is CCOc1ccc(-c2nnc(NC(=O)c3ccc(S(=O)(=O)N(C)Cc4ccccc4)cc3)o2)cc1. The minimum Gasteiger partial charge on any atom is -0.494 e. The fraction of sp³-hybridized carbons (Fsp3) is 0.160. The van der Waals surface area contributed by atoms with Gasteiger partial charge in [0.2, 0.25) is 15.9 Å². The number of benzene rings is 3. The average Bonchev–Trinajstić information content (AvgIpc) is 3.34. The van der Waals surface area contributed by atoms with Gasteiger partial charge < -0.3 is 9.15 Å². The first kappa shape index (κ1) is 24.1. The zero-order valence-corrected chi connectivity index (χ0v) is 20.0. The number of ether oxygens (including phenoxy) is 1. The lowest BCUT2D eigenvalue weighted by Crippen LogP contribution is -2.26. The van der Waals surface area contributed by atoms with Crippen molar-refractivity contribution in [2.75, 3.05) is 19.0 Å². The Kier molecular flexibility index (Phi) is 7.23. The van der Waals surface area contributed by atoms with Gasteiger partial charge in [-0.05, 0) is 61.0 Å². The number of nitrogens with zero attached hydrogens (tertiary/aromatic N) is 3. The van der Waals surface area contributed by atoms with Gasteiger partial charge in [0.25, 0.3) is 5.91 Å². The highest BCUT2D eigenvalue weighted by atomic mass is 32.2. The molecule has 1 heterocycles. The number of hydrogen-bond donors (Lipinski definition) is 1. The van der Waals surface area contributed by atoms with Crippen LogP contribution in [0.4, 0.5) is 6.01 Å². The van der Waals surface area contributed by atoms with Gasteiger partial charge in [-0.15, -0.1) is 5.10 Å². The van der Waals surface area contributed by atoms with Crippen LogP contribution >= 0.6 is 0 Å². The second-order valence-corrected chi connectivity index (χ2v) is 9.64. The molecule has 35 heavy (non-hydrogen) atoms. The van der Waals surface area contributed by atoms with Crippen molar-refractivity contribution < 1.29 is 22.4 Å². The number of nitrogens with one attached hydrogen (secondary N) is 1. The smallest absolute Gasteiger partial charge is 0.322 e. The first-order chi connectivity index (χ1) is 16.9. The normalized spacial score (nSPS) is 11.4. The summed E-state index contributed by atoms with van der Waals surface area (Å²) in [5.74, 6) is 0.459. The molecule has 1 aromatic heterocycles. The summed E-state index contributed by atoms with van der Waals surface area (Å²) in [6.07, 6.45) is 0. The Labute approximate surface area is 203 Å². The molecule has 0 unspecified atom stereocenters. The van der Waals surface area contributed by atoms with Crippen molar-refractivity contribution in [3.8, 4) is 17.2 Å². The van der Waals surface area contributed by atoms with E-state index < -0.39 is 15.9 Å². The Morgan fingerprint density at radius 1 is 0.971 bits per heavy atom. The quantitative estimate of drug-likeness (QED) is 0.372. The van der Waals surface area contributed by atoms with Crippen molar-refractivity contribution in [1.29, 1.82) is 0 Å². The van der Waals surface area contributed by atoms with Gasteiger partial charge in [-0.2, -0.15) is 4.31 Å². The maximum atomic E-state index is 12.9. The lowest BCUT2D eigenvalue weighted by Gasteiger charge is -2.17. The molecule has 4 aromatic rings. The fourth-order valence-corrected chi connectivity index (χ4v) is 4.46. The maximum absolute atomic E-state index is 12.9. The molecule has 0 saturated carbocycles. The molecule has 0 radical (unpaired) electrons. The molecule has 0 atom stereocenters. The third-order valence-corrected chi connectivity index (χ3v) is 6.95. The van der Waals surface area contributed by atoms with Crippen LogP contribution in [0.1, 0.15) is 22.8 Å². The molecule has 0 spiro atoms. The monoisotopic (exact) mass is 492 g/mol. The van der Waals surface area contributed by atoms with Crippen LogP contribution in [-0.2, 0) is 16.6 Å². The third kappa shape index (κ3) is 5.73. The van der Waals surface area contributed by atoms with Crippen LogP contribution < -0.4 is 10.1 Å². The number of hydrogen-bond acceptors (Lipinski definition) is 7. The molecule has 9 nitrogen and oxygen atoms in total. The number of rotatable bonds is 9. The number of anilines is 1. The molecule has 3 aromatic carbocycles. The molecule has 0 aliphatic rings. The molecule has 4 rings (SSSR count). The predicted molar refractivity (Wildman–Crippen MR) is 130 cm³/mol. The fourth-order valence-electron chi connectivity index (χ4n) is 3.30. The van der Waals surface area contributed by atoms with Gasteiger partial charge in [0, 0.05) is 24.7 Å². The van der Waals surface area contributed by atoms with Crippen LogP contribution in [0.3, 0.4) is 0 Å². The summed E-state index contributed by atoms with van der Waals surface area (Å²) >= 11 is 0. The van der Waals surface area contributed by atoms with Gasteiger partial charge in [0.1, 0.15) is 5.75 Å². The van der Waals surface area contributed by atoms with Crippen molar-refractivity contribution in [1.82, 2.24) is 14.5 Å².